The van der Waals surface area contributed by atoms with Crippen LogP contribution >= 0.6 is 11.6 Å². The van der Waals surface area contributed by atoms with Gasteiger partial charge in [-0.2, -0.15) is 18.3 Å². The lowest BCUT2D eigenvalue weighted by molar-refractivity contribution is -0.140. The predicted molar refractivity (Wildman–Crippen MR) is 128 cm³/mol. The van der Waals surface area contributed by atoms with Gasteiger partial charge in [-0.25, -0.2) is 14.7 Å². The van der Waals surface area contributed by atoms with Crippen molar-refractivity contribution in [3.8, 4) is 0 Å². The van der Waals surface area contributed by atoms with Gasteiger partial charge < -0.3 is 10.6 Å². The lowest BCUT2D eigenvalue weighted by atomic mass is 9.90. The van der Waals surface area contributed by atoms with Gasteiger partial charge in [0.1, 0.15) is 11.5 Å². The molecule has 5 rings (SSSR count). The minimum atomic E-state index is -4.57. The van der Waals surface area contributed by atoms with Crippen molar-refractivity contribution >= 4 is 39.9 Å². The number of alkyl halides is 3. The van der Waals surface area contributed by atoms with Crippen LogP contribution in [-0.2, 0) is 6.18 Å². The van der Waals surface area contributed by atoms with Crippen LogP contribution in [0.3, 0.4) is 0 Å². The molecule has 2 atom stereocenters. The average molecular weight is 503 g/mol. The van der Waals surface area contributed by atoms with E-state index in [1.807, 2.05) is 6.08 Å². The van der Waals surface area contributed by atoms with Gasteiger partial charge in [0, 0.05) is 47.0 Å². The number of aromatic nitrogens is 3. The van der Waals surface area contributed by atoms with Crippen molar-refractivity contribution in [3.05, 3.63) is 65.2 Å². The Morgan fingerprint density at radius 1 is 1.17 bits per heavy atom. The van der Waals surface area contributed by atoms with Crippen molar-refractivity contribution in [1.82, 2.24) is 20.1 Å². The monoisotopic (exact) mass is 502 g/mol. The molecular weight excluding hydrogens is 481 g/mol. The fourth-order valence-electron chi connectivity index (χ4n) is 4.49. The second-order valence-electron chi connectivity index (χ2n) is 8.70. The maximum atomic E-state index is 13.4. The highest BCUT2D eigenvalue weighted by atomic mass is 35.5. The van der Waals surface area contributed by atoms with E-state index < -0.39 is 11.9 Å². The summed E-state index contributed by atoms with van der Waals surface area (Å²) in [6, 6.07) is 5.38. The standard InChI is InChI=1S/C24H22ClF3N6O/c25-15-6-7-19-18(9-15)20(11-21(33-19)24(26,27)28)31-16-3-1-4-17(10-16)32-23(35)14-12-30-34(13-14)22-5-2-8-29-22/h2,6-9,11-13,16-17H,1,3-5,10H2,(H,31,33)(H,32,35)/t16-,17+/m0/s1. The number of hydrogen-bond donors (Lipinski definition) is 2. The molecule has 2 aliphatic rings. The molecule has 1 amide bonds. The van der Waals surface area contributed by atoms with E-state index in [0.29, 0.717) is 34.5 Å². The Hall–Kier alpha value is -3.40. The number of fused-ring (bicyclic) bond motifs is 1. The summed E-state index contributed by atoms with van der Waals surface area (Å²) >= 11 is 6.10. The number of carbonyl (C=O) groups excluding carboxylic acids is 1. The first-order valence-corrected chi connectivity index (χ1v) is 11.7. The average Bonchev–Trinajstić information content (AvgIpc) is 3.51. The summed E-state index contributed by atoms with van der Waals surface area (Å²) in [7, 11) is 0. The third-order valence-corrected chi connectivity index (χ3v) is 6.40. The zero-order valence-corrected chi connectivity index (χ0v) is 19.3. The lowest BCUT2D eigenvalue weighted by Gasteiger charge is -2.31. The molecule has 1 saturated carbocycles. The fourth-order valence-corrected chi connectivity index (χ4v) is 4.66. The zero-order chi connectivity index (χ0) is 24.6. The molecule has 1 aromatic carbocycles. The molecule has 11 heteroatoms. The summed E-state index contributed by atoms with van der Waals surface area (Å²) in [4.78, 5) is 20.7. The highest BCUT2D eigenvalue weighted by Gasteiger charge is 2.34. The Balaban J connectivity index is 1.30. The summed E-state index contributed by atoms with van der Waals surface area (Å²) in [6.07, 6.45) is 5.77. The van der Waals surface area contributed by atoms with Crippen molar-refractivity contribution in [2.75, 3.05) is 5.32 Å². The number of nitrogens with one attached hydrogen (secondary N) is 2. The van der Waals surface area contributed by atoms with E-state index in [1.54, 1.807) is 23.1 Å². The van der Waals surface area contributed by atoms with E-state index in [9.17, 15) is 18.0 Å². The van der Waals surface area contributed by atoms with Gasteiger partial charge in [0.05, 0.1) is 17.3 Å². The minimum absolute atomic E-state index is 0.124. The number of amides is 1. The SMILES string of the molecule is O=C(N[C@@H]1CCC[C@H](Nc2cc(C(F)(F)F)nc3ccc(Cl)cc23)C1)c1cnn(C2=NC=CC2)c1. The van der Waals surface area contributed by atoms with Crippen molar-refractivity contribution in [2.45, 2.75) is 50.4 Å². The quantitative estimate of drug-likeness (QED) is 0.499. The minimum Gasteiger partial charge on any atom is -0.382 e. The molecule has 1 aliphatic heterocycles. The molecule has 0 spiro atoms. The first-order valence-electron chi connectivity index (χ1n) is 11.3. The molecule has 3 heterocycles. The van der Waals surface area contributed by atoms with Gasteiger partial charge >= 0.3 is 6.18 Å². The van der Waals surface area contributed by atoms with Crippen molar-refractivity contribution < 1.29 is 18.0 Å². The van der Waals surface area contributed by atoms with Crippen LogP contribution in [-0.4, -0.2) is 38.6 Å². The van der Waals surface area contributed by atoms with E-state index in [-0.39, 0.29) is 23.5 Å². The topological polar surface area (TPSA) is 84.2 Å². The number of pyridine rings is 1. The zero-order valence-electron chi connectivity index (χ0n) is 18.5. The number of carbonyl (C=O) groups is 1. The van der Waals surface area contributed by atoms with Gasteiger partial charge in [-0.15, -0.1) is 0 Å². The highest BCUT2D eigenvalue weighted by molar-refractivity contribution is 6.31. The van der Waals surface area contributed by atoms with E-state index in [2.05, 4.69) is 25.7 Å². The van der Waals surface area contributed by atoms with Gasteiger partial charge in [-0.1, -0.05) is 17.7 Å². The van der Waals surface area contributed by atoms with Gasteiger partial charge in [0.15, 0.2) is 0 Å². The Morgan fingerprint density at radius 3 is 2.77 bits per heavy atom. The Morgan fingerprint density at radius 2 is 2.00 bits per heavy atom. The Bertz CT molecular complexity index is 1330. The van der Waals surface area contributed by atoms with Gasteiger partial charge in [-0.3, -0.25) is 4.79 Å². The number of allylic oxidation sites excluding steroid dienone is 1. The van der Waals surface area contributed by atoms with E-state index in [0.717, 1.165) is 31.2 Å². The molecule has 1 aliphatic carbocycles. The summed E-state index contributed by atoms with van der Waals surface area (Å²) in [5, 5.41) is 11.4. The number of halogens is 4. The molecule has 0 unspecified atom stereocenters. The van der Waals surface area contributed by atoms with Crippen molar-refractivity contribution in [2.24, 2.45) is 4.99 Å². The Labute approximate surface area is 204 Å². The van der Waals surface area contributed by atoms with Crippen LogP contribution in [0.25, 0.3) is 10.9 Å². The van der Waals surface area contributed by atoms with E-state index in [1.165, 1.54) is 18.3 Å². The van der Waals surface area contributed by atoms with E-state index in [4.69, 9.17) is 11.6 Å². The molecule has 3 aromatic rings. The largest absolute Gasteiger partial charge is 0.433 e. The summed E-state index contributed by atoms with van der Waals surface area (Å²) in [5.41, 5.74) is 0.00864. The normalized spacial score (nSPS) is 20.2. The van der Waals surface area contributed by atoms with Gasteiger partial charge in [-0.05, 0) is 49.9 Å². The van der Waals surface area contributed by atoms with Crippen LogP contribution in [0.5, 0.6) is 0 Å². The third kappa shape index (κ3) is 5.17. The summed E-state index contributed by atoms with van der Waals surface area (Å²) < 4.78 is 41.9. The molecule has 35 heavy (non-hydrogen) atoms. The molecule has 182 valence electrons. The number of benzene rings is 1. The number of nitrogens with zero attached hydrogens (tertiary/aromatic N) is 4. The molecule has 2 N–H and O–H groups in total. The first kappa shape index (κ1) is 23.3. The number of aliphatic imine (C=N–C) groups is 1. The summed E-state index contributed by atoms with van der Waals surface area (Å²) in [5.74, 6) is 0.503. The molecule has 7 nitrogen and oxygen atoms in total. The highest BCUT2D eigenvalue weighted by Crippen LogP contribution is 2.35. The molecule has 1 fully saturated rings. The maximum Gasteiger partial charge on any atom is 0.433 e. The third-order valence-electron chi connectivity index (χ3n) is 6.17. The lowest BCUT2D eigenvalue weighted by Crippen LogP contribution is -2.41. The number of anilines is 1. The van der Waals surface area contributed by atoms with Gasteiger partial charge in [0.25, 0.3) is 5.91 Å². The maximum absolute atomic E-state index is 13.4. The van der Waals surface area contributed by atoms with Crippen molar-refractivity contribution in [1.29, 1.82) is 0 Å². The van der Waals surface area contributed by atoms with Crippen LogP contribution in [0.4, 0.5) is 18.9 Å². The van der Waals surface area contributed by atoms with Crippen LogP contribution in [0.15, 0.2) is 53.9 Å². The molecule has 0 radical (unpaired) electrons. The van der Waals surface area contributed by atoms with Gasteiger partial charge in [0.2, 0.25) is 0 Å². The predicted octanol–water partition coefficient (Wildman–Crippen LogP) is 5.42. The Kier molecular flexibility index (Phi) is 6.22. The second-order valence-corrected chi connectivity index (χ2v) is 9.14. The van der Waals surface area contributed by atoms with Crippen LogP contribution in [0.2, 0.25) is 5.02 Å². The molecular formula is C24H22ClF3N6O. The van der Waals surface area contributed by atoms with Crippen LogP contribution in [0.1, 0.15) is 48.2 Å². The smallest absolute Gasteiger partial charge is 0.382 e. The molecule has 0 bridgehead atoms. The van der Waals surface area contributed by atoms with Crippen molar-refractivity contribution in [3.63, 3.8) is 0 Å². The first-order chi connectivity index (χ1) is 16.8. The van der Waals surface area contributed by atoms with Crippen LogP contribution < -0.4 is 10.6 Å². The number of hydrogen-bond acceptors (Lipinski definition) is 5. The molecule has 0 saturated heterocycles. The van der Waals surface area contributed by atoms with Crippen LogP contribution in [0, 0.1) is 0 Å². The van der Waals surface area contributed by atoms with E-state index >= 15 is 0 Å². The fraction of sp³-hybridized carbons (Fsp3) is 0.333. The summed E-state index contributed by atoms with van der Waals surface area (Å²) in [6.45, 7) is 0. The number of rotatable bonds is 4. The second kappa shape index (κ2) is 9.33. The molecule has 2 aromatic heterocycles.